The SMILES string of the molecule is CC12CC[C@@H]3C4(C)CCCCC4CCC3(N)C1CCC2CCCOC(=O)N1CCCCC1CN=O. The first-order valence-electron chi connectivity index (χ1n) is 14.8. The number of carbonyl (C=O) groups is 1. The van der Waals surface area contributed by atoms with Gasteiger partial charge in [0.1, 0.15) is 6.54 Å². The number of hydrogen-bond acceptors (Lipinski definition) is 5. The fourth-order valence-corrected chi connectivity index (χ4v) is 10.2. The minimum atomic E-state index is -0.257. The minimum Gasteiger partial charge on any atom is -0.449 e. The van der Waals surface area contributed by atoms with Crippen molar-refractivity contribution in [3.63, 3.8) is 0 Å². The molecule has 0 radical (unpaired) electrons. The number of nitroso groups, excluding NO2 is 1. The van der Waals surface area contributed by atoms with Gasteiger partial charge in [-0.3, -0.25) is 0 Å². The van der Waals surface area contributed by atoms with E-state index in [0.29, 0.717) is 41.7 Å². The summed E-state index contributed by atoms with van der Waals surface area (Å²) in [5.41, 5.74) is 8.32. The maximum atomic E-state index is 12.7. The maximum absolute atomic E-state index is 12.7. The first-order valence-corrected chi connectivity index (χ1v) is 14.8. The van der Waals surface area contributed by atoms with Crippen molar-refractivity contribution < 1.29 is 9.53 Å². The van der Waals surface area contributed by atoms with E-state index >= 15 is 0 Å². The normalized spacial score (nSPS) is 45.2. The van der Waals surface area contributed by atoms with Gasteiger partial charge in [0.2, 0.25) is 0 Å². The molecule has 0 aromatic carbocycles. The second kappa shape index (κ2) is 9.95. The highest BCUT2D eigenvalue weighted by Crippen LogP contribution is 2.68. The Morgan fingerprint density at radius 2 is 1.74 bits per heavy atom. The zero-order valence-electron chi connectivity index (χ0n) is 22.3. The third-order valence-electron chi connectivity index (χ3n) is 12.0. The Morgan fingerprint density at radius 3 is 2.57 bits per heavy atom. The first kappa shape index (κ1) is 25.5. The van der Waals surface area contributed by atoms with Crippen molar-refractivity contribution >= 4 is 6.09 Å². The minimum absolute atomic E-state index is 0.0205. The van der Waals surface area contributed by atoms with Crippen LogP contribution in [0.3, 0.4) is 0 Å². The van der Waals surface area contributed by atoms with E-state index in [1.807, 2.05) is 0 Å². The molecule has 2 N–H and O–H groups in total. The van der Waals surface area contributed by atoms with Crippen LogP contribution in [0.1, 0.15) is 110 Å². The standard InChI is InChI=1S/C29H49N3O3/c1-27-15-5-3-8-22(27)13-17-29(30)24-12-11-21(28(24,2)16-14-25(27)29)9-7-19-35-26(33)32-18-6-4-10-23(32)20-31-34/h21-25H,3-20,30H2,1-2H3/t21?,22?,23?,24?,25-,27?,28?,29?/m1/s1. The Hall–Kier alpha value is -1.17. The molecule has 198 valence electrons. The Kier molecular flexibility index (Phi) is 7.24. The van der Waals surface area contributed by atoms with Crippen molar-refractivity contribution in [1.29, 1.82) is 0 Å². The highest BCUT2D eigenvalue weighted by atomic mass is 16.6. The predicted molar refractivity (Wildman–Crippen MR) is 139 cm³/mol. The van der Waals surface area contributed by atoms with Crippen LogP contribution in [-0.2, 0) is 4.74 Å². The van der Waals surface area contributed by atoms with E-state index in [9.17, 15) is 9.70 Å². The van der Waals surface area contributed by atoms with E-state index in [0.717, 1.165) is 38.0 Å². The molecule has 4 saturated carbocycles. The van der Waals surface area contributed by atoms with Crippen LogP contribution in [0.5, 0.6) is 0 Å². The zero-order valence-corrected chi connectivity index (χ0v) is 22.3. The lowest BCUT2D eigenvalue weighted by Gasteiger charge is -2.65. The number of carbonyl (C=O) groups excluding carboxylic acids is 1. The number of rotatable bonds is 6. The summed E-state index contributed by atoms with van der Waals surface area (Å²) in [5.74, 6) is 2.93. The number of nitrogens with zero attached hydrogens (tertiary/aromatic N) is 2. The number of hydrogen-bond donors (Lipinski definition) is 1. The maximum Gasteiger partial charge on any atom is 0.410 e. The van der Waals surface area contributed by atoms with Gasteiger partial charge in [0.15, 0.2) is 0 Å². The Labute approximate surface area is 212 Å². The van der Waals surface area contributed by atoms with Gasteiger partial charge in [0.05, 0.1) is 12.6 Å². The topological polar surface area (TPSA) is 85.0 Å². The van der Waals surface area contributed by atoms with Gasteiger partial charge in [-0.2, -0.15) is 4.91 Å². The van der Waals surface area contributed by atoms with E-state index in [1.165, 1.54) is 64.2 Å². The van der Waals surface area contributed by atoms with Crippen LogP contribution in [-0.4, -0.2) is 42.3 Å². The molecule has 0 aromatic rings. The van der Waals surface area contributed by atoms with Crippen molar-refractivity contribution in [2.45, 2.75) is 122 Å². The van der Waals surface area contributed by atoms with Crippen molar-refractivity contribution in [3.8, 4) is 0 Å². The van der Waals surface area contributed by atoms with E-state index < -0.39 is 0 Å². The molecule has 0 aromatic heterocycles. The molecule has 35 heavy (non-hydrogen) atoms. The molecule has 5 aliphatic rings. The van der Waals surface area contributed by atoms with Gasteiger partial charge in [-0.15, -0.1) is 0 Å². The van der Waals surface area contributed by atoms with Crippen molar-refractivity contribution in [2.24, 2.45) is 45.4 Å². The molecule has 7 unspecified atom stereocenters. The van der Waals surface area contributed by atoms with Crippen molar-refractivity contribution in [2.75, 3.05) is 19.7 Å². The summed E-state index contributed by atoms with van der Waals surface area (Å²) in [4.78, 5) is 25.1. The number of nitrogens with two attached hydrogens (primary N) is 1. The molecule has 6 nitrogen and oxygen atoms in total. The number of likely N-dealkylation sites (tertiary alicyclic amines) is 1. The molecule has 5 rings (SSSR count). The number of piperidine rings is 1. The van der Waals surface area contributed by atoms with Crippen LogP contribution in [0.2, 0.25) is 0 Å². The molecule has 1 saturated heterocycles. The predicted octanol–water partition coefficient (Wildman–Crippen LogP) is 6.65. The van der Waals surface area contributed by atoms with Gasteiger partial charge >= 0.3 is 6.09 Å². The summed E-state index contributed by atoms with van der Waals surface area (Å²) in [6.45, 7) is 6.49. The van der Waals surface area contributed by atoms with Gasteiger partial charge in [-0.05, 0) is 118 Å². The summed E-state index contributed by atoms with van der Waals surface area (Å²) >= 11 is 0. The van der Waals surface area contributed by atoms with Crippen LogP contribution in [0.15, 0.2) is 5.18 Å². The molecule has 4 aliphatic carbocycles. The van der Waals surface area contributed by atoms with Gasteiger partial charge < -0.3 is 15.4 Å². The van der Waals surface area contributed by atoms with E-state index in [4.69, 9.17) is 10.5 Å². The molecule has 1 amide bonds. The summed E-state index contributed by atoms with van der Waals surface area (Å²) in [5, 5.41) is 3.04. The average molecular weight is 488 g/mol. The highest BCUT2D eigenvalue weighted by molar-refractivity contribution is 5.68. The molecule has 6 heteroatoms. The third-order valence-corrected chi connectivity index (χ3v) is 12.0. The molecule has 1 aliphatic heterocycles. The van der Waals surface area contributed by atoms with Crippen molar-refractivity contribution in [1.82, 2.24) is 4.90 Å². The van der Waals surface area contributed by atoms with E-state index in [-0.39, 0.29) is 24.2 Å². The largest absolute Gasteiger partial charge is 0.449 e. The second-order valence-electron chi connectivity index (χ2n) is 13.4. The third kappa shape index (κ3) is 4.34. The van der Waals surface area contributed by atoms with Gasteiger partial charge in [-0.25, -0.2) is 4.79 Å². The monoisotopic (exact) mass is 487 g/mol. The lowest BCUT2D eigenvalue weighted by atomic mass is 9.42. The Morgan fingerprint density at radius 1 is 0.943 bits per heavy atom. The van der Waals surface area contributed by atoms with Gasteiger partial charge in [0, 0.05) is 12.1 Å². The molecular weight excluding hydrogens is 438 g/mol. The van der Waals surface area contributed by atoms with Gasteiger partial charge in [0.25, 0.3) is 0 Å². The molecule has 0 spiro atoms. The van der Waals surface area contributed by atoms with E-state index in [1.54, 1.807) is 4.90 Å². The molecule has 1 heterocycles. The Bertz CT molecular complexity index is 791. The van der Waals surface area contributed by atoms with Crippen LogP contribution in [0.25, 0.3) is 0 Å². The highest BCUT2D eigenvalue weighted by Gasteiger charge is 2.64. The second-order valence-corrected chi connectivity index (χ2v) is 13.4. The number of amides is 1. The fourth-order valence-electron chi connectivity index (χ4n) is 10.2. The van der Waals surface area contributed by atoms with Crippen LogP contribution in [0.4, 0.5) is 4.79 Å². The first-order chi connectivity index (χ1) is 16.8. The lowest BCUT2D eigenvalue weighted by Crippen LogP contribution is -2.67. The zero-order chi connectivity index (χ0) is 24.7. The Balaban J connectivity index is 1.16. The molecule has 0 bridgehead atoms. The lowest BCUT2D eigenvalue weighted by molar-refractivity contribution is -0.126. The van der Waals surface area contributed by atoms with Crippen LogP contribution >= 0.6 is 0 Å². The average Bonchev–Trinajstić information content (AvgIpc) is 3.19. The summed E-state index contributed by atoms with van der Waals surface area (Å²) in [6, 6.07) is -0.0831. The summed E-state index contributed by atoms with van der Waals surface area (Å²) < 4.78 is 5.68. The quantitative estimate of drug-likeness (QED) is 0.335. The molecular formula is C29H49N3O3. The van der Waals surface area contributed by atoms with Crippen LogP contribution in [0, 0.1) is 39.4 Å². The van der Waals surface area contributed by atoms with E-state index in [2.05, 4.69) is 19.0 Å². The van der Waals surface area contributed by atoms with Crippen LogP contribution < -0.4 is 5.73 Å². The number of fused-ring (bicyclic) bond motifs is 5. The molecule has 5 fully saturated rings. The smallest absolute Gasteiger partial charge is 0.410 e. The summed E-state index contributed by atoms with van der Waals surface area (Å²) in [7, 11) is 0. The van der Waals surface area contributed by atoms with Crippen molar-refractivity contribution in [3.05, 3.63) is 4.91 Å². The number of ether oxygens (including phenoxy) is 1. The fraction of sp³-hybridized carbons (Fsp3) is 0.966. The summed E-state index contributed by atoms with van der Waals surface area (Å²) in [6.07, 6.45) is 18.1. The molecule has 8 atom stereocenters. The van der Waals surface area contributed by atoms with Gasteiger partial charge in [-0.1, -0.05) is 31.9 Å².